The summed E-state index contributed by atoms with van der Waals surface area (Å²) in [4.78, 5) is 24.9. The summed E-state index contributed by atoms with van der Waals surface area (Å²) < 4.78 is 0. The molecule has 0 aromatic heterocycles. The van der Waals surface area contributed by atoms with Crippen LogP contribution in [0, 0.1) is 5.92 Å². The van der Waals surface area contributed by atoms with Crippen molar-refractivity contribution < 1.29 is 9.59 Å². The van der Waals surface area contributed by atoms with E-state index in [0.29, 0.717) is 25.8 Å². The third kappa shape index (κ3) is 2.78. The first kappa shape index (κ1) is 12.2. The highest BCUT2D eigenvalue weighted by molar-refractivity contribution is 5.98. The van der Waals surface area contributed by atoms with Crippen LogP contribution >= 0.6 is 0 Å². The van der Waals surface area contributed by atoms with E-state index in [1.165, 1.54) is 4.90 Å². The highest BCUT2D eigenvalue weighted by Gasteiger charge is 2.34. The van der Waals surface area contributed by atoms with Gasteiger partial charge in [-0.05, 0) is 25.3 Å². The van der Waals surface area contributed by atoms with Crippen LogP contribution in [-0.4, -0.2) is 29.3 Å². The number of piperidine rings is 1. The first-order valence-electron chi connectivity index (χ1n) is 5.65. The molecule has 1 aliphatic rings. The van der Waals surface area contributed by atoms with Gasteiger partial charge in [0.15, 0.2) is 0 Å². The molecule has 1 saturated heterocycles. The number of rotatable bonds is 4. The van der Waals surface area contributed by atoms with Gasteiger partial charge < -0.3 is 5.73 Å². The van der Waals surface area contributed by atoms with Gasteiger partial charge in [0.25, 0.3) is 0 Å². The van der Waals surface area contributed by atoms with Gasteiger partial charge in [0.1, 0.15) is 0 Å². The van der Waals surface area contributed by atoms with Gasteiger partial charge in [-0.15, -0.1) is 0 Å². The monoisotopic (exact) mass is 212 g/mol. The van der Waals surface area contributed by atoms with Crippen LogP contribution < -0.4 is 5.73 Å². The van der Waals surface area contributed by atoms with Gasteiger partial charge in [0.2, 0.25) is 11.8 Å². The van der Waals surface area contributed by atoms with Crippen LogP contribution in [0.15, 0.2) is 0 Å². The standard InChI is InChI=1S/C11H20N2O2/c1-3-9(4-5-12)13-10(14)6-8(2)7-11(13)15/h8-9H,3-7,12H2,1-2H3. The van der Waals surface area contributed by atoms with E-state index in [9.17, 15) is 9.59 Å². The Morgan fingerprint density at radius 3 is 2.33 bits per heavy atom. The number of imide groups is 1. The molecule has 0 aliphatic carbocycles. The lowest BCUT2D eigenvalue weighted by Gasteiger charge is -2.34. The second-order valence-corrected chi connectivity index (χ2v) is 4.31. The zero-order valence-electron chi connectivity index (χ0n) is 9.53. The highest BCUT2D eigenvalue weighted by atomic mass is 16.2. The molecule has 86 valence electrons. The molecule has 1 heterocycles. The summed E-state index contributed by atoms with van der Waals surface area (Å²) in [6, 6.07) is 0.00231. The van der Waals surface area contributed by atoms with Crippen LogP contribution in [-0.2, 0) is 9.59 Å². The molecule has 15 heavy (non-hydrogen) atoms. The van der Waals surface area contributed by atoms with Gasteiger partial charge in [-0.25, -0.2) is 0 Å². The lowest BCUT2D eigenvalue weighted by Crippen LogP contribution is -2.49. The van der Waals surface area contributed by atoms with Crippen molar-refractivity contribution in [2.24, 2.45) is 11.7 Å². The minimum absolute atomic E-state index is 0.00231. The van der Waals surface area contributed by atoms with Crippen LogP contribution in [0.5, 0.6) is 0 Å². The van der Waals surface area contributed by atoms with Crippen molar-refractivity contribution in [3.63, 3.8) is 0 Å². The molecule has 0 aromatic rings. The molecule has 0 saturated carbocycles. The fraction of sp³-hybridized carbons (Fsp3) is 0.818. The lowest BCUT2D eigenvalue weighted by atomic mass is 9.95. The average molecular weight is 212 g/mol. The first-order chi connectivity index (χ1) is 7.10. The van der Waals surface area contributed by atoms with Gasteiger partial charge in [-0.2, -0.15) is 0 Å². The van der Waals surface area contributed by atoms with Crippen molar-refractivity contribution in [1.29, 1.82) is 0 Å². The van der Waals surface area contributed by atoms with E-state index in [2.05, 4.69) is 0 Å². The Balaban J connectivity index is 2.73. The predicted octanol–water partition coefficient (Wildman–Crippen LogP) is 0.899. The minimum atomic E-state index is -0.0287. The van der Waals surface area contributed by atoms with Crippen molar-refractivity contribution in [1.82, 2.24) is 4.90 Å². The number of nitrogens with two attached hydrogens (primary N) is 1. The third-order valence-electron chi connectivity index (χ3n) is 2.92. The van der Waals surface area contributed by atoms with Crippen LogP contribution in [0.1, 0.15) is 39.5 Å². The Bertz CT molecular complexity index is 235. The minimum Gasteiger partial charge on any atom is -0.330 e. The maximum absolute atomic E-state index is 11.8. The largest absolute Gasteiger partial charge is 0.330 e. The van der Waals surface area contributed by atoms with Crippen molar-refractivity contribution in [3.05, 3.63) is 0 Å². The van der Waals surface area contributed by atoms with E-state index in [1.54, 1.807) is 0 Å². The molecule has 0 spiro atoms. The number of amides is 2. The third-order valence-corrected chi connectivity index (χ3v) is 2.92. The predicted molar refractivity (Wildman–Crippen MR) is 58.0 cm³/mol. The highest BCUT2D eigenvalue weighted by Crippen LogP contribution is 2.22. The molecule has 1 atom stereocenters. The fourth-order valence-corrected chi connectivity index (χ4v) is 2.12. The Labute approximate surface area is 90.8 Å². The molecule has 1 unspecified atom stereocenters. The molecule has 4 nitrogen and oxygen atoms in total. The molecule has 2 N–H and O–H groups in total. The topological polar surface area (TPSA) is 63.4 Å². The number of carbonyl (C=O) groups excluding carboxylic acids is 2. The maximum atomic E-state index is 11.8. The zero-order chi connectivity index (χ0) is 11.4. The summed E-state index contributed by atoms with van der Waals surface area (Å²) in [6.07, 6.45) is 2.49. The number of hydrogen-bond donors (Lipinski definition) is 1. The van der Waals surface area contributed by atoms with Gasteiger partial charge >= 0.3 is 0 Å². The summed E-state index contributed by atoms with van der Waals surface area (Å²) in [5.41, 5.74) is 5.48. The lowest BCUT2D eigenvalue weighted by molar-refractivity contribution is -0.152. The molecule has 2 amide bonds. The quantitative estimate of drug-likeness (QED) is 0.704. The summed E-state index contributed by atoms with van der Waals surface area (Å²) in [7, 11) is 0. The zero-order valence-corrected chi connectivity index (χ0v) is 9.53. The second kappa shape index (κ2) is 5.26. The second-order valence-electron chi connectivity index (χ2n) is 4.31. The summed E-state index contributed by atoms with van der Waals surface area (Å²) >= 11 is 0. The molecule has 0 radical (unpaired) electrons. The molecule has 1 aliphatic heterocycles. The van der Waals surface area contributed by atoms with E-state index in [1.807, 2.05) is 13.8 Å². The van der Waals surface area contributed by atoms with Gasteiger partial charge in [-0.1, -0.05) is 13.8 Å². The molecular weight excluding hydrogens is 192 g/mol. The van der Waals surface area contributed by atoms with Crippen LogP contribution in [0.3, 0.4) is 0 Å². The van der Waals surface area contributed by atoms with E-state index in [-0.39, 0.29) is 23.8 Å². The Morgan fingerprint density at radius 1 is 1.40 bits per heavy atom. The molecule has 1 rings (SSSR count). The average Bonchev–Trinajstić information content (AvgIpc) is 2.14. The van der Waals surface area contributed by atoms with Crippen molar-refractivity contribution in [3.8, 4) is 0 Å². The smallest absolute Gasteiger partial charge is 0.229 e. The van der Waals surface area contributed by atoms with Crippen molar-refractivity contribution >= 4 is 11.8 Å². The van der Waals surface area contributed by atoms with Gasteiger partial charge in [0, 0.05) is 18.9 Å². The van der Waals surface area contributed by atoms with E-state index in [4.69, 9.17) is 5.73 Å². The van der Waals surface area contributed by atoms with Crippen LogP contribution in [0.25, 0.3) is 0 Å². The Kier molecular flexibility index (Phi) is 4.27. The molecule has 4 heteroatoms. The summed E-state index contributed by atoms with van der Waals surface area (Å²) in [5.74, 6) is 0.134. The SMILES string of the molecule is CCC(CCN)N1C(=O)CC(C)CC1=O. The molecular formula is C11H20N2O2. The number of hydrogen-bond acceptors (Lipinski definition) is 3. The molecule has 0 bridgehead atoms. The van der Waals surface area contributed by atoms with Gasteiger partial charge in [0.05, 0.1) is 0 Å². The number of nitrogens with zero attached hydrogens (tertiary/aromatic N) is 1. The fourth-order valence-electron chi connectivity index (χ4n) is 2.12. The van der Waals surface area contributed by atoms with Gasteiger partial charge in [-0.3, -0.25) is 14.5 Å². The number of likely N-dealkylation sites (tertiary alicyclic amines) is 1. The van der Waals surface area contributed by atoms with E-state index < -0.39 is 0 Å². The van der Waals surface area contributed by atoms with Crippen LogP contribution in [0.4, 0.5) is 0 Å². The Morgan fingerprint density at radius 2 is 1.93 bits per heavy atom. The van der Waals surface area contributed by atoms with Crippen molar-refractivity contribution in [2.45, 2.75) is 45.6 Å². The molecule has 0 aromatic carbocycles. The number of carbonyl (C=O) groups is 2. The van der Waals surface area contributed by atoms with Crippen LogP contribution in [0.2, 0.25) is 0 Å². The normalized spacial score (nSPS) is 20.9. The summed E-state index contributed by atoms with van der Waals surface area (Å²) in [5, 5.41) is 0. The van der Waals surface area contributed by atoms with E-state index >= 15 is 0 Å². The molecule has 1 fully saturated rings. The summed E-state index contributed by atoms with van der Waals surface area (Å²) in [6.45, 7) is 4.45. The maximum Gasteiger partial charge on any atom is 0.229 e. The Hall–Kier alpha value is -0.900. The van der Waals surface area contributed by atoms with Crippen molar-refractivity contribution in [2.75, 3.05) is 6.54 Å². The first-order valence-corrected chi connectivity index (χ1v) is 5.65. The van der Waals surface area contributed by atoms with E-state index in [0.717, 1.165) is 6.42 Å².